The van der Waals surface area contributed by atoms with Crippen LogP contribution in [0.3, 0.4) is 0 Å². The molecule has 0 spiro atoms. The van der Waals surface area contributed by atoms with E-state index in [4.69, 9.17) is 4.74 Å². The summed E-state index contributed by atoms with van der Waals surface area (Å²) in [6, 6.07) is 2.73. The SMILES string of the molecule is CCCCC1CC(C[Si](C)(C)C)=C(C[Si](C)(C)C)CO1. The van der Waals surface area contributed by atoms with E-state index in [-0.39, 0.29) is 0 Å². The molecule has 1 unspecified atom stereocenters. The van der Waals surface area contributed by atoms with E-state index < -0.39 is 16.1 Å². The number of rotatable bonds is 7. The molecule has 0 aromatic heterocycles. The third-order valence-electron chi connectivity index (χ3n) is 3.83. The summed E-state index contributed by atoms with van der Waals surface area (Å²) in [6.07, 6.45) is 5.59. The Morgan fingerprint density at radius 2 is 1.50 bits per heavy atom. The molecule has 20 heavy (non-hydrogen) atoms. The molecule has 0 saturated heterocycles. The Kier molecular flexibility index (Phi) is 6.74. The molecule has 118 valence electrons. The summed E-state index contributed by atoms with van der Waals surface area (Å²) in [5, 5.41) is 0. The van der Waals surface area contributed by atoms with Crippen molar-refractivity contribution in [3.8, 4) is 0 Å². The Labute approximate surface area is 129 Å². The molecule has 1 heterocycles. The summed E-state index contributed by atoms with van der Waals surface area (Å²) >= 11 is 0. The zero-order valence-electron chi connectivity index (χ0n) is 14.9. The molecular weight excluding hydrogens is 276 g/mol. The highest BCUT2D eigenvalue weighted by Gasteiger charge is 2.27. The molecule has 0 aromatic carbocycles. The first kappa shape index (κ1) is 18.2. The number of unbranched alkanes of at least 4 members (excludes halogenated alkanes) is 1. The average molecular weight is 313 g/mol. The van der Waals surface area contributed by atoms with Gasteiger partial charge in [0.05, 0.1) is 12.7 Å². The van der Waals surface area contributed by atoms with E-state index in [0.29, 0.717) is 6.10 Å². The van der Waals surface area contributed by atoms with E-state index in [0.717, 1.165) is 6.61 Å². The molecule has 0 amide bonds. The quantitative estimate of drug-likeness (QED) is 0.417. The Morgan fingerprint density at radius 3 is 2.00 bits per heavy atom. The molecule has 1 rings (SSSR count). The minimum Gasteiger partial charge on any atom is -0.374 e. The monoisotopic (exact) mass is 312 g/mol. The zero-order valence-corrected chi connectivity index (χ0v) is 16.9. The van der Waals surface area contributed by atoms with Gasteiger partial charge in [-0.2, -0.15) is 0 Å². The maximum absolute atomic E-state index is 6.16. The Bertz CT molecular complexity index is 334. The molecule has 0 aliphatic carbocycles. The predicted octanol–water partition coefficient (Wildman–Crippen LogP) is 5.94. The maximum atomic E-state index is 6.16. The van der Waals surface area contributed by atoms with E-state index >= 15 is 0 Å². The third-order valence-corrected chi connectivity index (χ3v) is 6.81. The highest BCUT2D eigenvalue weighted by Crippen LogP contribution is 2.33. The number of hydrogen-bond acceptors (Lipinski definition) is 1. The first-order valence-electron chi connectivity index (χ1n) is 8.42. The lowest BCUT2D eigenvalue weighted by Crippen LogP contribution is -2.30. The van der Waals surface area contributed by atoms with Gasteiger partial charge in [-0.05, 0) is 30.5 Å². The molecule has 0 fully saturated rings. The van der Waals surface area contributed by atoms with Crippen molar-refractivity contribution in [2.45, 2.75) is 90.1 Å². The van der Waals surface area contributed by atoms with Gasteiger partial charge in [0.1, 0.15) is 0 Å². The molecule has 0 N–H and O–H groups in total. The molecule has 1 atom stereocenters. The van der Waals surface area contributed by atoms with Gasteiger partial charge in [0.2, 0.25) is 0 Å². The van der Waals surface area contributed by atoms with Crippen LogP contribution in [0.25, 0.3) is 0 Å². The molecule has 0 bridgehead atoms. The van der Waals surface area contributed by atoms with Crippen LogP contribution in [0, 0.1) is 0 Å². The van der Waals surface area contributed by atoms with E-state index in [1.165, 1.54) is 37.8 Å². The van der Waals surface area contributed by atoms with Crippen molar-refractivity contribution in [3.63, 3.8) is 0 Å². The van der Waals surface area contributed by atoms with Gasteiger partial charge in [0, 0.05) is 16.1 Å². The lowest BCUT2D eigenvalue weighted by molar-refractivity contribution is 0.0506. The van der Waals surface area contributed by atoms with Gasteiger partial charge in [-0.25, -0.2) is 0 Å². The molecular formula is C17H36OSi2. The fourth-order valence-corrected chi connectivity index (χ4v) is 6.38. The highest BCUT2D eigenvalue weighted by atomic mass is 28.3. The summed E-state index contributed by atoms with van der Waals surface area (Å²) in [5.74, 6) is 0. The summed E-state index contributed by atoms with van der Waals surface area (Å²) in [4.78, 5) is 0. The van der Waals surface area contributed by atoms with E-state index in [1.807, 2.05) is 0 Å². The Hall–Kier alpha value is 0.134. The summed E-state index contributed by atoms with van der Waals surface area (Å²) in [6.45, 7) is 18.2. The average Bonchev–Trinajstić information content (AvgIpc) is 2.25. The lowest BCUT2D eigenvalue weighted by Gasteiger charge is -2.33. The van der Waals surface area contributed by atoms with Gasteiger partial charge in [-0.1, -0.05) is 64.6 Å². The van der Waals surface area contributed by atoms with Crippen LogP contribution in [0.1, 0.15) is 32.6 Å². The zero-order chi connectivity index (χ0) is 15.4. The Morgan fingerprint density at radius 1 is 0.950 bits per heavy atom. The topological polar surface area (TPSA) is 9.23 Å². The van der Waals surface area contributed by atoms with Crippen LogP contribution in [0.2, 0.25) is 51.4 Å². The standard InChI is InChI=1S/C17H36OSi2/c1-8-9-10-17-11-15(13-19(2,3)4)16(12-18-17)14-20(5,6)7/h17H,8-14H2,1-7H3. The minimum absolute atomic E-state index is 0.506. The fraction of sp³-hybridized carbons (Fsp3) is 0.882. The molecule has 0 saturated carbocycles. The summed E-state index contributed by atoms with van der Waals surface area (Å²) < 4.78 is 6.16. The van der Waals surface area contributed by atoms with Gasteiger partial charge < -0.3 is 4.74 Å². The van der Waals surface area contributed by atoms with Crippen molar-refractivity contribution >= 4 is 16.1 Å². The van der Waals surface area contributed by atoms with Gasteiger partial charge in [0.25, 0.3) is 0 Å². The highest BCUT2D eigenvalue weighted by molar-refractivity contribution is 6.77. The second kappa shape index (κ2) is 7.41. The van der Waals surface area contributed by atoms with Crippen LogP contribution < -0.4 is 0 Å². The Balaban J connectivity index is 2.81. The van der Waals surface area contributed by atoms with Crippen molar-refractivity contribution in [2.75, 3.05) is 6.61 Å². The summed E-state index contributed by atoms with van der Waals surface area (Å²) in [5.41, 5.74) is 3.47. The fourth-order valence-electron chi connectivity index (χ4n) is 3.07. The predicted molar refractivity (Wildman–Crippen MR) is 97.2 cm³/mol. The van der Waals surface area contributed by atoms with E-state index in [1.54, 1.807) is 11.1 Å². The van der Waals surface area contributed by atoms with Crippen LogP contribution in [0.15, 0.2) is 11.1 Å². The largest absolute Gasteiger partial charge is 0.374 e. The third kappa shape index (κ3) is 7.23. The van der Waals surface area contributed by atoms with Crippen molar-refractivity contribution in [3.05, 3.63) is 11.1 Å². The second-order valence-electron chi connectivity index (χ2n) is 8.96. The first-order chi connectivity index (χ1) is 9.11. The first-order valence-corrected chi connectivity index (χ1v) is 15.8. The lowest BCUT2D eigenvalue weighted by atomic mass is 9.98. The molecule has 0 radical (unpaired) electrons. The van der Waals surface area contributed by atoms with Gasteiger partial charge >= 0.3 is 0 Å². The smallest absolute Gasteiger partial charge is 0.0680 e. The minimum atomic E-state index is -1.03. The van der Waals surface area contributed by atoms with Gasteiger partial charge in [0.15, 0.2) is 0 Å². The molecule has 1 aliphatic rings. The van der Waals surface area contributed by atoms with Gasteiger partial charge in [-0.3, -0.25) is 0 Å². The maximum Gasteiger partial charge on any atom is 0.0680 e. The molecule has 3 heteroatoms. The van der Waals surface area contributed by atoms with Crippen molar-refractivity contribution in [2.24, 2.45) is 0 Å². The van der Waals surface area contributed by atoms with Crippen molar-refractivity contribution in [1.82, 2.24) is 0 Å². The summed E-state index contributed by atoms with van der Waals surface area (Å²) in [7, 11) is -2.05. The second-order valence-corrected chi connectivity index (χ2v) is 19.9. The molecule has 1 aliphatic heterocycles. The normalized spacial score (nSPS) is 21.4. The van der Waals surface area contributed by atoms with Crippen LogP contribution in [-0.2, 0) is 4.74 Å². The van der Waals surface area contributed by atoms with Crippen molar-refractivity contribution in [1.29, 1.82) is 0 Å². The van der Waals surface area contributed by atoms with Crippen LogP contribution in [0.4, 0.5) is 0 Å². The molecule has 1 nitrogen and oxygen atoms in total. The van der Waals surface area contributed by atoms with Crippen LogP contribution in [0.5, 0.6) is 0 Å². The molecule has 0 aromatic rings. The van der Waals surface area contributed by atoms with Crippen molar-refractivity contribution < 1.29 is 4.74 Å². The number of ether oxygens (including phenoxy) is 1. The number of hydrogen-bond donors (Lipinski definition) is 0. The van der Waals surface area contributed by atoms with E-state index in [9.17, 15) is 0 Å². The van der Waals surface area contributed by atoms with Crippen LogP contribution >= 0.6 is 0 Å². The van der Waals surface area contributed by atoms with Crippen LogP contribution in [-0.4, -0.2) is 28.9 Å². The van der Waals surface area contributed by atoms with E-state index in [2.05, 4.69) is 46.2 Å². The van der Waals surface area contributed by atoms with Gasteiger partial charge in [-0.15, -0.1) is 0 Å².